The summed E-state index contributed by atoms with van der Waals surface area (Å²) in [6.45, 7) is 2.12. The summed E-state index contributed by atoms with van der Waals surface area (Å²) in [7, 11) is 0. The van der Waals surface area contributed by atoms with E-state index in [9.17, 15) is 0 Å². The van der Waals surface area contributed by atoms with Gasteiger partial charge in [0, 0.05) is 30.4 Å². The summed E-state index contributed by atoms with van der Waals surface area (Å²) in [6.07, 6.45) is 5.52. The third kappa shape index (κ3) is 1.82. The van der Waals surface area contributed by atoms with Crippen molar-refractivity contribution < 1.29 is 4.52 Å². The van der Waals surface area contributed by atoms with Crippen LogP contribution >= 0.6 is 0 Å². The van der Waals surface area contributed by atoms with Crippen molar-refractivity contribution in [1.82, 2.24) is 10.1 Å². The zero-order valence-corrected chi connectivity index (χ0v) is 8.10. The third-order valence-electron chi connectivity index (χ3n) is 2.03. The predicted molar refractivity (Wildman–Crippen MR) is 53.7 cm³/mol. The maximum absolute atomic E-state index is 5.19. The molecule has 0 aliphatic rings. The van der Waals surface area contributed by atoms with E-state index in [4.69, 9.17) is 4.52 Å². The van der Waals surface area contributed by atoms with Crippen LogP contribution < -0.4 is 0 Å². The first-order valence-electron chi connectivity index (χ1n) is 4.76. The molecular weight excluding hydrogens is 176 g/mol. The Morgan fingerprint density at radius 1 is 1.29 bits per heavy atom. The lowest BCUT2D eigenvalue weighted by Crippen LogP contribution is -1.77. The van der Waals surface area contributed by atoms with Crippen molar-refractivity contribution >= 4 is 0 Å². The SMILES string of the molecule is CCCc1cc(-c2ccncc2)no1. The van der Waals surface area contributed by atoms with Crippen LogP contribution in [0.15, 0.2) is 35.1 Å². The summed E-state index contributed by atoms with van der Waals surface area (Å²) in [5.74, 6) is 0.944. The van der Waals surface area contributed by atoms with E-state index in [-0.39, 0.29) is 0 Å². The first-order valence-corrected chi connectivity index (χ1v) is 4.76. The molecule has 2 heterocycles. The molecule has 0 saturated heterocycles. The maximum Gasteiger partial charge on any atom is 0.137 e. The zero-order chi connectivity index (χ0) is 9.80. The fourth-order valence-corrected chi connectivity index (χ4v) is 1.34. The Morgan fingerprint density at radius 3 is 2.79 bits per heavy atom. The van der Waals surface area contributed by atoms with Gasteiger partial charge >= 0.3 is 0 Å². The first kappa shape index (κ1) is 8.94. The van der Waals surface area contributed by atoms with E-state index in [1.165, 1.54) is 0 Å². The van der Waals surface area contributed by atoms with Gasteiger partial charge in [0.2, 0.25) is 0 Å². The monoisotopic (exact) mass is 188 g/mol. The smallest absolute Gasteiger partial charge is 0.137 e. The molecule has 0 atom stereocenters. The highest BCUT2D eigenvalue weighted by Crippen LogP contribution is 2.18. The largest absolute Gasteiger partial charge is 0.361 e. The standard InChI is InChI=1S/C11H12N2O/c1-2-3-10-8-11(13-14-10)9-4-6-12-7-5-9/h4-8H,2-3H2,1H3. The molecule has 72 valence electrons. The van der Waals surface area contributed by atoms with E-state index < -0.39 is 0 Å². The van der Waals surface area contributed by atoms with Gasteiger partial charge < -0.3 is 4.52 Å². The van der Waals surface area contributed by atoms with Gasteiger partial charge in [-0.15, -0.1) is 0 Å². The molecule has 0 unspecified atom stereocenters. The average Bonchev–Trinajstić information content (AvgIpc) is 2.68. The lowest BCUT2D eigenvalue weighted by molar-refractivity contribution is 0.384. The highest BCUT2D eigenvalue weighted by molar-refractivity contribution is 5.57. The van der Waals surface area contributed by atoms with Crippen LogP contribution in [-0.4, -0.2) is 10.1 Å². The quantitative estimate of drug-likeness (QED) is 0.743. The van der Waals surface area contributed by atoms with Gasteiger partial charge in [-0.25, -0.2) is 0 Å². The first-order chi connectivity index (χ1) is 6.90. The molecule has 0 amide bonds. The number of pyridine rings is 1. The number of nitrogens with zero attached hydrogens (tertiary/aromatic N) is 2. The van der Waals surface area contributed by atoms with E-state index >= 15 is 0 Å². The lowest BCUT2D eigenvalue weighted by atomic mass is 10.2. The van der Waals surface area contributed by atoms with Crippen molar-refractivity contribution in [3.63, 3.8) is 0 Å². The van der Waals surface area contributed by atoms with Crippen LogP contribution in [0.25, 0.3) is 11.3 Å². The molecule has 0 saturated carbocycles. The van der Waals surface area contributed by atoms with Crippen LogP contribution in [-0.2, 0) is 6.42 Å². The average molecular weight is 188 g/mol. The van der Waals surface area contributed by atoms with Crippen molar-refractivity contribution in [1.29, 1.82) is 0 Å². The second kappa shape index (κ2) is 4.05. The molecule has 2 aromatic rings. The van der Waals surface area contributed by atoms with Gasteiger partial charge in [-0.1, -0.05) is 12.1 Å². The van der Waals surface area contributed by atoms with Gasteiger partial charge in [0.25, 0.3) is 0 Å². The Balaban J connectivity index is 2.25. The van der Waals surface area contributed by atoms with Gasteiger partial charge in [0.1, 0.15) is 11.5 Å². The number of aromatic nitrogens is 2. The number of hydrogen-bond acceptors (Lipinski definition) is 3. The molecule has 0 aliphatic carbocycles. The van der Waals surface area contributed by atoms with Gasteiger partial charge in [-0.3, -0.25) is 4.98 Å². The molecule has 2 aromatic heterocycles. The van der Waals surface area contributed by atoms with Crippen LogP contribution in [0.2, 0.25) is 0 Å². The number of aryl methyl sites for hydroxylation is 1. The zero-order valence-electron chi connectivity index (χ0n) is 8.10. The Labute approximate surface area is 82.8 Å². The Kier molecular flexibility index (Phi) is 2.58. The van der Waals surface area contributed by atoms with Gasteiger partial charge in [0.15, 0.2) is 0 Å². The lowest BCUT2D eigenvalue weighted by Gasteiger charge is -1.90. The summed E-state index contributed by atoms with van der Waals surface area (Å²) in [4.78, 5) is 3.96. The summed E-state index contributed by atoms with van der Waals surface area (Å²) < 4.78 is 5.19. The molecule has 0 fully saturated rings. The van der Waals surface area contributed by atoms with Gasteiger partial charge in [-0.05, 0) is 18.6 Å². The van der Waals surface area contributed by atoms with Crippen molar-refractivity contribution in [2.24, 2.45) is 0 Å². The summed E-state index contributed by atoms with van der Waals surface area (Å²) in [5.41, 5.74) is 1.93. The van der Waals surface area contributed by atoms with Crippen LogP contribution in [0.5, 0.6) is 0 Å². The molecule has 2 rings (SSSR count). The molecule has 0 N–H and O–H groups in total. The normalized spacial score (nSPS) is 10.4. The summed E-state index contributed by atoms with van der Waals surface area (Å²) in [5, 5.41) is 4.00. The number of hydrogen-bond donors (Lipinski definition) is 0. The molecule has 14 heavy (non-hydrogen) atoms. The van der Waals surface area contributed by atoms with Crippen LogP contribution in [0.1, 0.15) is 19.1 Å². The van der Waals surface area contributed by atoms with Crippen molar-refractivity contribution in [3.8, 4) is 11.3 Å². The van der Waals surface area contributed by atoms with Crippen LogP contribution in [0.4, 0.5) is 0 Å². The molecule has 3 nitrogen and oxygen atoms in total. The van der Waals surface area contributed by atoms with Gasteiger partial charge in [0.05, 0.1) is 0 Å². The second-order valence-electron chi connectivity index (χ2n) is 3.16. The minimum absolute atomic E-state index is 0.885. The van der Waals surface area contributed by atoms with Crippen molar-refractivity contribution in [2.45, 2.75) is 19.8 Å². The predicted octanol–water partition coefficient (Wildman–Crippen LogP) is 2.69. The van der Waals surface area contributed by atoms with Crippen molar-refractivity contribution in [3.05, 3.63) is 36.4 Å². The third-order valence-corrected chi connectivity index (χ3v) is 2.03. The fourth-order valence-electron chi connectivity index (χ4n) is 1.34. The van der Waals surface area contributed by atoms with Gasteiger partial charge in [-0.2, -0.15) is 0 Å². The highest BCUT2D eigenvalue weighted by Gasteiger charge is 2.04. The van der Waals surface area contributed by atoms with E-state index in [0.717, 1.165) is 29.9 Å². The number of rotatable bonds is 3. The minimum Gasteiger partial charge on any atom is -0.361 e. The Bertz CT molecular complexity index is 395. The second-order valence-corrected chi connectivity index (χ2v) is 3.16. The van der Waals surface area contributed by atoms with Crippen LogP contribution in [0.3, 0.4) is 0 Å². The highest BCUT2D eigenvalue weighted by atomic mass is 16.5. The molecular formula is C11H12N2O. The Hall–Kier alpha value is -1.64. The van der Waals surface area contributed by atoms with Crippen molar-refractivity contribution in [2.75, 3.05) is 0 Å². The molecule has 3 heteroatoms. The minimum atomic E-state index is 0.885. The Morgan fingerprint density at radius 2 is 2.07 bits per heavy atom. The molecule has 0 radical (unpaired) electrons. The maximum atomic E-state index is 5.19. The molecule has 0 bridgehead atoms. The summed E-state index contributed by atoms with van der Waals surface area (Å²) in [6, 6.07) is 5.83. The van der Waals surface area contributed by atoms with Crippen LogP contribution in [0, 0.1) is 0 Å². The molecule has 0 aromatic carbocycles. The summed E-state index contributed by atoms with van der Waals surface area (Å²) >= 11 is 0. The van der Waals surface area contributed by atoms with E-state index in [1.807, 2.05) is 18.2 Å². The fraction of sp³-hybridized carbons (Fsp3) is 0.273. The van der Waals surface area contributed by atoms with E-state index in [0.29, 0.717) is 0 Å². The molecule has 0 spiro atoms. The van der Waals surface area contributed by atoms with E-state index in [1.54, 1.807) is 12.4 Å². The molecule has 0 aliphatic heterocycles. The topological polar surface area (TPSA) is 38.9 Å². The van der Waals surface area contributed by atoms with E-state index in [2.05, 4.69) is 17.1 Å².